The minimum Gasteiger partial charge on any atom is -0.443 e. The Morgan fingerprint density at radius 3 is 2.44 bits per heavy atom. The van der Waals surface area contributed by atoms with Crippen LogP contribution < -0.4 is 22.4 Å². The number of aromatic nitrogens is 2. The predicted molar refractivity (Wildman–Crippen MR) is 130 cm³/mol. The van der Waals surface area contributed by atoms with Gasteiger partial charge in [-0.05, 0) is 58.9 Å². The van der Waals surface area contributed by atoms with Crippen molar-refractivity contribution in [2.75, 3.05) is 0 Å². The van der Waals surface area contributed by atoms with Gasteiger partial charge in [0, 0.05) is 29.8 Å². The van der Waals surface area contributed by atoms with Gasteiger partial charge in [-0.3, -0.25) is 13.9 Å². The zero-order chi connectivity index (χ0) is 26.6. The number of hydrazine groups is 1. The lowest BCUT2D eigenvalue weighted by Gasteiger charge is -2.24. The summed E-state index contributed by atoms with van der Waals surface area (Å²) in [5, 5.41) is 1.10. The molecular weight excluding hydrogens is 496 g/mol. The van der Waals surface area contributed by atoms with E-state index < -0.39 is 40.8 Å². The summed E-state index contributed by atoms with van der Waals surface area (Å²) in [5.41, 5.74) is 6.37. The first kappa shape index (κ1) is 26.1. The summed E-state index contributed by atoms with van der Waals surface area (Å²) in [6.45, 7) is 6.25. The van der Waals surface area contributed by atoms with Crippen LogP contribution in [0.1, 0.15) is 69.4 Å². The molecule has 2 saturated carbocycles. The molecule has 2 aliphatic rings. The lowest BCUT2D eigenvalue weighted by atomic mass is 10.1. The van der Waals surface area contributed by atoms with Crippen molar-refractivity contribution in [3.8, 4) is 0 Å². The zero-order valence-corrected chi connectivity index (χ0v) is 21.5. The highest BCUT2D eigenvalue weighted by Crippen LogP contribution is 2.42. The van der Waals surface area contributed by atoms with Gasteiger partial charge in [-0.25, -0.2) is 33.6 Å². The van der Waals surface area contributed by atoms with Crippen molar-refractivity contribution in [2.24, 2.45) is 11.7 Å². The number of urea groups is 1. The fraction of sp³-hybridized carbons (Fsp3) is 0.652. The highest BCUT2D eigenvalue weighted by molar-refractivity contribution is 7.18. The second-order valence-electron chi connectivity index (χ2n) is 10.5. The molecule has 1 unspecified atom stereocenters. The number of fused-ring (bicyclic) bond motifs is 1. The van der Waals surface area contributed by atoms with Gasteiger partial charge in [0.2, 0.25) is 0 Å². The summed E-state index contributed by atoms with van der Waals surface area (Å²) >= 11 is 1.05. The first-order valence-corrected chi connectivity index (χ1v) is 12.7. The molecule has 0 radical (unpaired) electrons. The standard InChI is InChI=1S/C23H31F2N5O5S/c1-12-15(11-29(19(26)32)27-20(33)35-22(2,3)4)36-18-16(12)17(31)30(14-7-8-14)21(34)28(18)10-13-6-5-9-23(13,24)25/h13-14H,5-11H2,1-4H3,(H2,26,32)(H,27,33). The number of rotatable bonds is 5. The maximum atomic E-state index is 14.5. The Morgan fingerprint density at radius 1 is 1.25 bits per heavy atom. The molecule has 0 saturated heterocycles. The van der Waals surface area contributed by atoms with Crippen LogP contribution in [0.2, 0.25) is 0 Å². The van der Waals surface area contributed by atoms with Crippen LogP contribution in [0.15, 0.2) is 9.59 Å². The second kappa shape index (κ2) is 9.16. The number of primary amides is 1. The number of hydrogen-bond acceptors (Lipinski definition) is 6. The van der Waals surface area contributed by atoms with E-state index >= 15 is 0 Å². The Hall–Kier alpha value is -2.96. The van der Waals surface area contributed by atoms with Crippen molar-refractivity contribution in [2.45, 2.75) is 90.5 Å². The zero-order valence-electron chi connectivity index (χ0n) is 20.7. The topological polar surface area (TPSA) is 129 Å². The molecule has 2 aliphatic carbocycles. The fourth-order valence-electron chi connectivity index (χ4n) is 4.55. The van der Waals surface area contributed by atoms with Crippen LogP contribution in [0.3, 0.4) is 0 Å². The first-order valence-electron chi connectivity index (χ1n) is 11.9. The third-order valence-electron chi connectivity index (χ3n) is 6.51. The smallest absolute Gasteiger partial charge is 0.426 e. The summed E-state index contributed by atoms with van der Waals surface area (Å²) in [4.78, 5) is 51.7. The van der Waals surface area contributed by atoms with Crippen molar-refractivity contribution < 1.29 is 23.1 Å². The van der Waals surface area contributed by atoms with Gasteiger partial charge in [-0.1, -0.05) is 0 Å². The van der Waals surface area contributed by atoms with Crippen LogP contribution in [0.5, 0.6) is 0 Å². The highest BCUT2D eigenvalue weighted by Gasteiger charge is 2.44. The van der Waals surface area contributed by atoms with E-state index in [0.29, 0.717) is 29.7 Å². The Labute approximate surface area is 210 Å². The average molecular weight is 528 g/mol. The molecule has 0 aromatic carbocycles. The quantitative estimate of drug-likeness (QED) is 0.574. The van der Waals surface area contributed by atoms with Gasteiger partial charge in [-0.15, -0.1) is 11.3 Å². The summed E-state index contributed by atoms with van der Waals surface area (Å²) in [7, 11) is 0. The number of carbonyl (C=O) groups excluding carboxylic acids is 2. The van der Waals surface area contributed by atoms with E-state index in [1.54, 1.807) is 27.7 Å². The third kappa shape index (κ3) is 5.11. The van der Waals surface area contributed by atoms with Crippen molar-refractivity contribution >= 4 is 33.7 Å². The number of ether oxygens (including phenoxy) is 1. The Balaban J connectivity index is 1.76. The largest absolute Gasteiger partial charge is 0.443 e. The molecule has 1 atom stereocenters. The van der Waals surface area contributed by atoms with Crippen LogP contribution in [0.25, 0.3) is 10.2 Å². The van der Waals surface area contributed by atoms with E-state index in [9.17, 15) is 28.0 Å². The van der Waals surface area contributed by atoms with Crippen LogP contribution in [0, 0.1) is 12.8 Å². The maximum absolute atomic E-state index is 14.5. The highest BCUT2D eigenvalue weighted by atomic mass is 32.1. The van der Waals surface area contributed by atoms with E-state index in [4.69, 9.17) is 10.5 Å². The number of nitrogens with one attached hydrogen (secondary N) is 1. The number of alkyl halides is 2. The summed E-state index contributed by atoms with van der Waals surface area (Å²) in [5.74, 6) is -3.90. The molecule has 0 aliphatic heterocycles. The molecule has 10 nitrogen and oxygen atoms in total. The molecule has 2 heterocycles. The van der Waals surface area contributed by atoms with Gasteiger partial charge in [-0.2, -0.15) is 0 Å². The third-order valence-corrected chi connectivity index (χ3v) is 7.81. The molecule has 198 valence electrons. The van der Waals surface area contributed by atoms with E-state index in [1.165, 1.54) is 9.13 Å². The number of aryl methyl sites for hydroxylation is 1. The summed E-state index contributed by atoms with van der Waals surface area (Å²) in [6.07, 6.45) is 0.886. The van der Waals surface area contributed by atoms with Crippen LogP contribution in [-0.4, -0.2) is 37.8 Å². The fourth-order valence-corrected chi connectivity index (χ4v) is 5.84. The summed E-state index contributed by atoms with van der Waals surface area (Å²) < 4.78 is 36.6. The van der Waals surface area contributed by atoms with E-state index in [0.717, 1.165) is 16.3 Å². The van der Waals surface area contributed by atoms with Crippen molar-refractivity contribution in [1.82, 2.24) is 19.6 Å². The molecule has 2 aromatic rings. The Morgan fingerprint density at radius 2 is 1.92 bits per heavy atom. The summed E-state index contributed by atoms with van der Waals surface area (Å²) in [6, 6.07) is -1.21. The van der Waals surface area contributed by atoms with E-state index in [2.05, 4.69) is 5.43 Å². The van der Waals surface area contributed by atoms with Crippen molar-refractivity contribution in [1.29, 1.82) is 0 Å². The van der Waals surface area contributed by atoms with Gasteiger partial charge >= 0.3 is 17.8 Å². The van der Waals surface area contributed by atoms with Gasteiger partial charge < -0.3 is 10.5 Å². The lowest BCUT2D eigenvalue weighted by Crippen LogP contribution is -2.49. The molecule has 2 aromatic heterocycles. The van der Waals surface area contributed by atoms with Gasteiger partial charge in [0.15, 0.2) is 0 Å². The minimum absolute atomic E-state index is 0.198. The molecule has 3 amide bonds. The molecule has 3 N–H and O–H groups in total. The molecule has 0 spiro atoms. The molecule has 2 fully saturated rings. The SMILES string of the molecule is Cc1c(CN(NC(=O)OC(C)(C)C)C(N)=O)sc2c1c(=O)n(C1CC1)c(=O)n2CC1CCCC1(F)F. The van der Waals surface area contributed by atoms with Crippen molar-refractivity contribution in [3.63, 3.8) is 0 Å². The molecule has 0 bridgehead atoms. The monoisotopic (exact) mass is 527 g/mol. The number of halogens is 2. The van der Waals surface area contributed by atoms with Crippen LogP contribution in [-0.2, 0) is 17.8 Å². The first-order chi connectivity index (χ1) is 16.7. The average Bonchev–Trinajstić information content (AvgIpc) is 3.43. The molecule has 13 heteroatoms. The second-order valence-corrected chi connectivity index (χ2v) is 11.6. The predicted octanol–water partition coefficient (Wildman–Crippen LogP) is 3.62. The number of hydrogen-bond donors (Lipinski definition) is 2. The van der Waals surface area contributed by atoms with Crippen molar-refractivity contribution in [3.05, 3.63) is 31.3 Å². The van der Waals surface area contributed by atoms with Crippen LogP contribution in [0.4, 0.5) is 18.4 Å². The Bertz CT molecular complexity index is 1320. The number of carbonyl (C=O) groups is 2. The Kier molecular flexibility index (Phi) is 6.65. The van der Waals surface area contributed by atoms with Gasteiger partial charge in [0.25, 0.3) is 11.5 Å². The van der Waals surface area contributed by atoms with E-state index in [-0.39, 0.29) is 42.2 Å². The van der Waals surface area contributed by atoms with Gasteiger partial charge in [0.05, 0.1) is 11.9 Å². The maximum Gasteiger partial charge on any atom is 0.426 e. The molecule has 4 rings (SSSR count). The number of amides is 3. The van der Waals surface area contributed by atoms with Gasteiger partial charge in [0.1, 0.15) is 10.4 Å². The number of nitrogens with zero attached hydrogens (tertiary/aromatic N) is 3. The lowest BCUT2D eigenvalue weighted by molar-refractivity contribution is -0.0422. The minimum atomic E-state index is -2.89. The molecule has 36 heavy (non-hydrogen) atoms. The van der Waals surface area contributed by atoms with E-state index in [1.807, 2.05) is 0 Å². The van der Waals surface area contributed by atoms with Crippen LogP contribution >= 0.6 is 11.3 Å². The normalized spacial score (nSPS) is 19.4. The number of nitrogens with two attached hydrogens (primary N) is 1. The molecular formula is C23H31F2N5O5S. The number of thiophene rings is 1.